The molecule has 0 saturated carbocycles. The van der Waals surface area contributed by atoms with E-state index in [9.17, 15) is 9.59 Å². The van der Waals surface area contributed by atoms with Gasteiger partial charge in [-0.05, 0) is 48.2 Å². The molecule has 0 radical (unpaired) electrons. The zero-order chi connectivity index (χ0) is 28.0. The van der Waals surface area contributed by atoms with Crippen LogP contribution in [-0.4, -0.2) is 74.0 Å². The maximum atomic E-state index is 11.8. The first-order valence-corrected chi connectivity index (χ1v) is 12.7. The summed E-state index contributed by atoms with van der Waals surface area (Å²) in [6.45, 7) is 7.65. The van der Waals surface area contributed by atoms with Gasteiger partial charge in [0.25, 0.3) is 0 Å². The van der Waals surface area contributed by atoms with Crippen LogP contribution in [0.5, 0.6) is 0 Å². The summed E-state index contributed by atoms with van der Waals surface area (Å²) >= 11 is 0. The minimum Gasteiger partial charge on any atom is -0.465 e. The zero-order valence-corrected chi connectivity index (χ0v) is 22.5. The van der Waals surface area contributed by atoms with Crippen molar-refractivity contribution in [3.63, 3.8) is 0 Å². The molecular weight excluding hydrogens is 492 g/mol. The molecule has 0 atom stereocenters. The van der Waals surface area contributed by atoms with E-state index in [4.69, 9.17) is 29.5 Å². The Bertz CT molecular complexity index is 959. The van der Waals surface area contributed by atoms with Crippen LogP contribution in [0.3, 0.4) is 0 Å². The quantitative estimate of drug-likeness (QED) is 0.417. The molecule has 0 aromatic heterocycles. The fourth-order valence-corrected chi connectivity index (χ4v) is 3.49. The average Bonchev–Trinajstić information content (AvgIpc) is 2.93. The van der Waals surface area contributed by atoms with Crippen molar-refractivity contribution in [2.75, 3.05) is 46.8 Å². The number of hydrogen-bond donors (Lipinski definition) is 3. The zero-order valence-electron chi connectivity index (χ0n) is 22.5. The minimum absolute atomic E-state index is 0.0124. The van der Waals surface area contributed by atoms with Crippen LogP contribution in [0.4, 0.5) is 0 Å². The first-order chi connectivity index (χ1) is 18.3. The Morgan fingerprint density at radius 1 is 0.737 bits per heavy atom. The predicted molar refractivity (Wildman–Crippen MR) is 141 cm³/mol. The molecule has 4 rings (SSSR count). The van der Waals surface area contributed by atoms with Crippen molar-refractivity contribution in [3.8, 4) is 0 Å². The predicted octanol–water partition coefficient (Wildman–Crippen LogP) is 3.13. The number of methoxy groups -OCH3 is 1. The molecule has 2 heterocycles. The second kappa shape index (κ2) is 15.6. The van der Waals surface area contributed by atoms with Gasteiger partial charge >= 0.3 is 11.9 Å². The third-order valence-electron chi connectivity index (χ3n) is 6.91. The summed E-state index contributed by atoms with van der Waals surface area (Å²) in [5.74, 6) is -0.682. The highest BCUT2D eigenvalue weighted by atomic mass is 16.5. The van der Waals surface area contributed by atoms with Crippen LogP contribution in [0.25, 0.3) is 0 Å². The van der Waals surface area contributed by atoms with Crippen molar-refractivity contribution >= 4 is 11.9 Å². The van der Waals surface area contributed by atoms with Crippen LogP contribution in [0.1, 0.15) is 58.5 Å². The molecule has 0 unspecified atom stereocenters. The third-order valence-corrected chi connectivity index (χ3v) is 6.91. The maximum Gasteiger partial charge on any atom is 0.338 e. The Hall–Kier alpha value is -2.82. The number of aliphatic hydroxyl groups is 3. The van der Waals surface area contributed by atoms with E-state index in [1.54, 1.807) is 48.5 Å². The average molecular weight is 533 g/mol. The fourth-order valence-electron chi connectivity index (χ4n) is 3.49. The molecule has 210 valence electrons. The number of hydrogen-bond acceptors (Lipinski definition) is 9. The second-order valence-corrected chi connectivity index (χ2v) is 9.63. The Morgan fingerprint density at radius 3 is 1.42 bits per heavy atom. The molecule has 0 spiro atoms. The normalized spacial score (nSPS) is 16.3. The molecule has 2 aromatic carbocycles. The van der Waals surface area contributed by atoms with Crippen molar-refractivity contribution in [2.24, 2.45) is 10.8 Å². The smallest absolute Gasteiger partial charge is 0.338 e. The highest BCUT2D eigenvalue weighted by Crippen LogP contribution is 2.31. The Labute approximate surface area is 224 Å². The Kier molecular flexibility index (Phi) is 12.9. The van der Waals surface area contributed by atoms with E-state index < -0.39 is 0 Å². The van der Waals surface area contributed by atoms with Crippen molar-refractivity contribution in [1.29, 1.82) is 0 Å². The molecule has 9 nitrogen and oxygen atoms in total. The lowest BCUT2D eigenvalue weighted by Gasteiger charge is -2.39. The second-order valence-electron chi connectivity index (χ2n) is 9.63. The number of ether oxygens (including phenoxy) is 4. The van der Waals surface area contributed by atoms with E-state index >= 15 is 0 Å². The number of benzene rings is 2. The van der Waals surface area contributed by atoms with Gasteiger partial charge in [0, 0.05) is 5.41 Å². The lowest BCUT2D eigenvalue weighted by Crippen LogP contribution is -2.46. The molecule has 0 bridgehead atoms. The van der Waals surface area contributed by atoms with Gasteiger partial charge in [0.15, 0.2) is 0 Å². The van der Waals surface area contributed by atoms with E-state index in [2.05, 4.69) is 18.6 Å². The molecule has 2 aromatic rings. The molecule has 9 heteroatoms. The van der Waals surface area contributed by atoms with Gasteiger partial charge < -0.3 is 34.3 Å². The molecule has 2 aliphatic rings. The standard InChI is InChI=1S/C14H18O4.C9H10O3.C6H12O2/c1-2-14(8-17-9-14)10-18-13(16)12-5-3-11(7-15)4-6-12;1-12-9(11)8-4-2-7(6-10)3-5-8;1-2-6(3-7)4-8-5-6/h3-6,15H,2,7-10H2,1H3;2-5,10H,6H2,1H3;7H,2-5H2,1H3. The molecule has 2 saturated heterocycles. The van der Waals surface area contributed by atoms with Gasteiger partial charge in [0.2, 0.25) is 0 Å². The molecule has 0 aliphatic carbocycles. The first kappa shape index (κ1) is 31.4. The van der Waals surface area contributed by atoms with Gasteiger partial charge in [-0.15, -0.1) is 0 Å². The molecule has 3 N–H and O–H groups in total. The summed E-state index contributed by atoms with van der Waals surface area (Å²) in [6, 6.07) is 13.4. The lowest BCUT2D eigenvalue weighted by molar-refractivity contribution is -0.140. The largest absolute Gasteiger partial charge is 0.465 e. The van der Waals surface area contributed by atoms with Crippen molar-refractivity contribution in [1.82, 2.24) is 0 Å². The number of carbonyl (C=O) groups excluding carboxylic acids is 2. The van der Waals surface area contributed by atoms with Gasteiger partial charge in [-0.2, -0.15) is 0 Å². The highest BCUT2D eigenvalue weighted by molar-refractivity contribution is 5.89. The molecule has 2 aliphatic heterocycles. The summed E-state index contributed by atoms with van der Waals surface area (Å²) in [6.07, 6.45) is 1.98. The van der Waals surface area contributed by atoms with Gasteiger partial charge in [-0.25, -0.2) is 9.59 Å². The highest BCUT2D eigenvalue weighted by Gasteiger charge is 2.38. The monoisotopic (exact) mass is 532 g/mol. The molecule has 38 heavy (non-hydrogen) atoms. The Morgan fingerprint density at radius 2 is 1.16 bits per heavy atom. The maximum absolute atomic E-state index is 11.8. The summed E-state index contributed by atoms with van der Waals surface area (Å²) in [5.41, 5.74) is 2.72. The van der Waals surface area contributed by atoms with Crippen LogP contribution in [0, 0.1) is 10.8 Å². The minimum atomic E-state index is -0.362. The summed E-state index contributed by atoms with van der Waals surface area (Å²) in [5, 5.41) is 26.4. The summed E-state index contributed by atoms with van der Waals surface area (Å²) in [7, 11) is 1.34. The number of esters is 2. The van der Waals surface area contributed by atoms with E-state index in [1.165, 1.54) is 7.11 Å². The van der Waals surface area contributed by atoms with Crippen molar-refractivity contribution in [3.05, 3.63) is 70.8 Å². The van der Waals surface area contributed by atoms with Crippen LogP contribution in [-0.2, 0) is 32.2 Å². The fraction of sp³-hybridized carbons (Fsp3) is 0.517. The van der Waals surface area contributed by atoms with Crippen LogP contribution in [0.2, 0.25) is 0 Å². The Balaban J connectivity index is 0.000000218. The SMILES string of the molecule is CCC1(CO)COC1.CCC1(COC(=O)c2ccc(CO)cc2)COC1.COC(=O)c1ccc(CO)cc1. The van der Waals surface area contributed by atoms with Crippen LogP contribution in [0.15, 0.2) is 48.5 Å². The number of aliphatic hydroxyl groups excluding tert-OH is 3. The van der Waals surface area contributed by atoms with Gasteiger partial charge in [-0.1, -0.05) is 38.1 Å². The lowest BCUT2D eigenvalue weighted by atomic mass is 9.84. The van der Waals surface area contributed by atoms with Crippen molar-refractivity contribution < 1.29 is 43.9 Å². The van der Waals surface area contributed by atoms with Gasteiger partial charge in [0.05, 0.1) is 69.9 Å². The van der Waals surface area contributed by atoms with E-state index in [-0.39, 0.29) is 42.6 Å². The van der Waals surface area contributed by atoms with Gasteiger partial charge in [-0.3, -0.25) is 0 Å². The van der Waals surface area contributed by atoms with Crippen LogP contribution < -0.4 is 0 Å². The number of rotatable bonds is 9. The summed E-state index contributed by atoms with van der Waals surface area (Å²) in [4.78, 5) is 22.7. The van der Waals surface area contributed by atoms with Crippen molar-refractivity contribution in [2.45, 2.75) is 39.9 Å². The topological polar surface area (TPSA) is 132 Å². The van der Waals surface area contributed by atoms with E-state index in [0.29, 0.717) is 30.9 Å². The van der Waals surface area contributed by atoms with Gasteiger partial charge in [0.1, 0.15) is 6.61 Å². The van der Waals surface area contributed by atoms with E-state index in [1.807, 2.05) is 0 Å². The van der Waals surface area contributed by atoms with E-state index in [0.717, 1.165) is 37.2 Å². The third kappa shape index (κ3) is 8.89. The molecule has 0 amide bonds. The molecule has 2 fully saturated rings. The first-order valence-electron chi connectivity index (χ1n) is 12.7. The number of carbonyl (C=O) groups is 2. The van der Waals surface area contributed by atoms with Crippen LogP contribution >= 0.6 is 0 Å². The molecular formula is C29H40O9. The summed E-state index contributed by atoms with van der Waals surface area (Å²) < 4.78 is 20.0.